The molecule has 22 heavy (non-hydrogen) atoms. The van der Waals surface area contributed by atoms with Crippen LogP contribution in [0.3, 0.4) is 0 Å². The van der Waals surface area contributed by atoms with Crippen molar-refractivity contribution in [3.8, 4) is 0 Å². The highest BCUT2D eigenvalue weighted by Crippen LogP contribution is 2.28. The van der Waals surface area contributed by atoms with Crippen molar-refractivity contribution in [3.63, 3.8) is 0 Å². The van der Waals surface area contributed by atoms with Gasteiger partial charge in [-0.05, 0) is 54.2 Å². The Morgan fingerprint density at radius 3 is 2.77 bits per heavy atom. The van der Waals surface area contributed by atoms with Crippen LogP contribution in [0.1, 0.15) is 17.3 Å². The number of ether oxygens (including phenoxy) is 1. The van der Waals surface area contributed by atoms with E-state index in [0.717, 1.165) is 15.9 Å². The first-order chi connectivity index (χ1) is 10.7. The van der Waals surface area contributed by atoms with Crippen LogP contribution in [-0.4, -0.2) is 22.5 Å². The van der Waals surface area contributed by atoms with Gasteiger partial charge in [0.05, 0.1) is 17.6 Å². The molecule has 0 bridgehead atoms. The van der Waals surface area contributed by atoms with Gasteiger partial charge in [-0.25, -0.2) is 9.78 Å². The Labute approximate surface area is 135 Å². The van der Waals surface area contributed by atoms with Gasteiger partial charge in [-0.1, -0.05) is 0 Å². The zero-order valence-corrected chi connectivity index (χ0v) is 13.2. The molecule has 1 N–H and O–H groups in total. The molecule has 0 spiro atoms. The number of rotatable bonds is 4. The zero-order valence-electron chi connectivity index (χ0n) is 11.7. The van der Waals surface area contributed by atoms with Gasteiger partial charge >= 0.3 is 5.97 Å². The van der Waals surface area contributed by atoms with Crippen molar-refractivity contribution >= 4 is 50.6 Å². The second-order valence-corrected chi connectivity index (χ2v) is 5.64. The number of carbonyl (C=O) groups is 1. The number of halogens is 1. The summed E-state index contributed by atoms with van der Waals surface area (Å²) in [7, 11) is 0. The minimum absolute atomic E-state index is 0.195. The van der Waals surface area contributed by atoms with Crippen LogP contribution in [0.5, 0.6) is 0 Å². The van der Waals surface area contributed by atoms with Crippen molar-refractivity contribution in [2.24, 2.45) is 0 Å². The standard InChI is InChI=1S/C15H12ClN3O2S/c1-2-21-14(20)9-3-5-10(6-4-9)17-12-11-7-8-22-13(11)19-15(16)18-12/h3-8H,2H2,1H3,(H,17,18,19). The van der Waals surface area contributed by atoms with Crippen molar-refractivity contribution in [2.75, 3.05) is 11.9 Å². The Balaban J connectivity index is 1.86. The molecule has 3 rings (SSSR count). The third-order valence-electron chi connectivity index (χ3n) is 2.96. The van der Waals surface area contributed by atoms with Crippen LogP contribution in [0.15, 0.2) is 35.7 Å². The fraction of sp³-hybridized carbons (Fsp3) is 0.133. The molecule has 0 aliphatic heterocycles. The van der Waals surface area contributed by atoms with Gasteiger partial charge in [-0.15, -0.1) is 11.3 Å². The van der Waals surface area contributed by atoms with Crippen LogP contribution >= 0.6 is 22.9 Å². The molecule has 0 radical (unpaired) electrons. The Kier molecular flexibility index (Phi) is 4.22. The predicted octanol–water partition coefficient (Wildman–Crippen LogP) is 4.27. The number of benzene rings is 1. The number of thiophene rings is 1. The largest absolute Gasteiger partial charge is 0.462 e. The Morgan fingerprint density at radius 2 is 2.05 bits per heavy atom. The highest BCUT2D eigenvalue weighted by atomic mass is 35.5. The van der Waals surface area contributed by atoms with Gasteiger partial charge in [0.25, 0.3) is 0 Å². The summed E-state index contributed by atoms with van der Waals surface area (Å²) < 4.78 is 4.95. The number of nitrogens with one attached hydrogen (secondary N) is 1. The van der Waals surface area contributed by atoms with Crippen molar-refractivity contribution < 1.29 is 9.53 Å². The molecule has 2 heterocycles. The number of nitrogens with zero attached hydrogens (tertiary/aromatic N) is 2. The van der Waals surface area contributed by atoms with Crippen LogP contribution in [0.25, 0.3) is 10.2 Å². The minimum Gasteiger partial charge on any atom is -0.462 e. The lowest BCUT2D eigenvalue weighted by atomic mass is 10.2. The summed E-state index contributed by atoms with van der Waals surface area (Å²) in [5.74, 6) is 0.305. The molecule has 0 fully saturated rings. The van der Waals surface area contributed by atoms with E-state index in [1.807, 2.05) is 11.4 Å². The quantitative estimate of drug-likeness (QED) is 0.570. The monoisotopic (exact) mass is 333 g/mol. The lowest BCUT2D eigenvalue weighted by molar-refractivity contribution is 0.0526. The molecule has 112 valence electrons. The van der Waals surface area contributed by atoms with Crippen molar-refractivity contribution in [2.45, 2.75) is 6.92 Å². The van der Waals surface area contributed by atoms with Crippen LogP contribution in [0.2, 0.25) is 5.28 Å². The number of fused-ring (bicyclic) bond motifs is 1. The second kappa shape index (κ2) is 6.29. The van der Waals surface area contributed by atoms with Gasteiger partial charge in [0.1, 0.15) is 10.6 Å². The molecule has 0 amide bonds. The highest BCUT2D eigenvalue weighted by molar-refractivity contribution is 7.16. The lowest BCUT2D eigenvalue weighted by Crippen LogP contribution is -2.04. The van der Waals surface area contributed by atoms with Gasteiger partial charge in [0.2, 0.25) is 5.28 Å². The van der Waals surface area contributed by atoms with Gasteiger partial charge in [-0.3, -0.25) is 0 Å². The molecule has 1 aromatic carbocycles. The maximum atomic E-state index is 11.6. The Morgan fingerprint density at radius 1 is 1.27 bits per heavy atom. The first-order valence-corrected chi connectivity index (χ1v) is 7.88. The Hall–Kier alpha value is -2.18. The number of anilines is 2. The first-order valence-electron chi connectivity index (χ1n) is 6.62. The molecule has 0 saturated heterocycles. The van der Waals surface area contributed by atoms with Crippen LogP contribution in [-0.2, 0) is 4.74 Å². The maximum absolute atomic E-state index is 11.6. The van der Waals surface area contributed by atoms with E-state index in [0.29, 0.717) is 18.0 Å². The summed E-state index contributed by atoms with van der Waals surface area (Å²) in [6.45, 7) is 2.13. The third kappa shape index (κ3) is 3.03. The van der Waals surface area contributed by atoms with E-state index in [-0.39, 0.29) is 11.3 Å². The van der Waals surface area contributed by atoms with E-state index in [1.54, 1.807) is 31.2 Å². The Bertz CT molecular complexity index is 817. The summed E-state index contributed by atoms with van der Waals surface area (Å²) in [5.41, 5.74) is 1.31. The molecule has 0 unspecified atom stereocenters. The number of esters is 1. The summed E-state index contributed by atoms with van der Waals surface area (Å²) in [6.07, 6.45) is 0. The van der Waals surface area contributed by atoms with Crippen LogP contribution < -0.4 is 5.32 Å². The molecule has 3 aromatic rings. The van der Waals surface area contributed by atoms with Crippen molar-refractivity contribution in [1.82, 2.24) is 9.97 Å². The molecule has 2 aromatic heterocycles. The van der Waals surface area contributed by atoms with E-state index >= 15 is 0 Å². The van der Waals surface area contributed by atoms with Crippen LogP contribution in [0.4, 0.5) is 11.5 Å². The van der Waals surface area contributed by atoms with Gasteiger partial charge in [0.15, 0.2) is 0 Å². The van der Waals surface area contributed by atoms with E-state index in [9.17, 15) is 4.79 Å². The number of carbonyl (C=O) groups excluding carboxylic acids is 1. The third-order valence-corrected chi connectivity index (χ3v) is 3.93. The smallest absolute Gasteiger partial charge is 0.338 e. The van der Waals surface area contributed by atoms with E-state index in [4.69, 9.17) is 16.3 Å². The molecular weight excluding hydrogens is 322 g/mol. The number of hydrogen-bond acceptors (Lipinski definition) is 6. The molecule has 0 aliphatic carbocycles. The van der Waals surface area contributed by atoms with Crippen LogP contribution in [0, 0.1) is 0 Å². The van der Waals surface area contributed by atoms with E-state index in [2.05, 4.69) is 15.3 Å². The summed E-state index contributed by atoms with van der Waals surface area (Å²) in [5, 5.41) is 6.23. The summed E-state index contributed by atoms with van der Waals surface area (Å²) in [6, 6.07) is 8.93. The topological polar surface area (TPSA) is 64.1 Å². The molecule has 0 aliphatic rings. The SMILES string of the molecule is CCOC(=O)c1ccc(Nc2nc(Cl)nc3sccc23)cc1. The first kappa shape index (κ1) is 14.7. The summed E-state index contributed by atoms with van der Waals surface area (Å²) in [4.78, 5) is 20.8. The van der Waals surface area contributed by atoms with E-state index < -0.39 is 0 Å². The molecule has 7 heteroatoms. The lowest BCUT2D eigenvalue weighted by Gasteiger charge is -2.08. The molecule has 0 atom stereocenters. The number of aromatic nitrogens is 2. The maximum Gasteiger partial charge on any atom is 0.338 e. The van der Waals surface area contributed by atoms with Gasteiger partial charge in [-0.2, -0.15) is 4.98 Å². The van der Waals surface area contributed by atoms with Crippen molar-refractivity contribution in [1.29, 1.82) is 0 Å². The van der Waals surface area contributed by atoms with Gasteiger partial charge in [0, 0.05) is 5.69 Å². The fourth-order valence-corrected chi connectivity index (χ4v) is 2.95. The highest BCUT2D eigenvalue weighted by Gasteiger charge is 2.09. The van der Waals surface area contributed by atoms with Crippen molar-refractivity contribution in [3.05, 3.63) is 46.6 Å². The predicted molar refractivity (Wildman–Crippen MR) is 88.1 cm³/mol. The second-order valence-electron chi connectivity index (χ2n) is 4.40. The number of hydrogen-bond donors (Lipinski definition) is 1. The normalized spacial score (nSPS) is 10.6. The fourth-order valence-electron chi connectivity index (χ4n) is 1.97. The minimum atomic E-state index is -0.334. The van der Waals surface area contributed by atoms with Gasteiger partial charge < -0.3 is 10.1 Å². The molecule has 5 nitrogen and oxygen atoms in total. The molecular formula is C15H12ClN3O2S. The zero-order chi connectivity index (χ0) is 15.5. The van der Waals surface area contributed by atoms with E-state index in [1.165, 1.54) is 11.3 Å². The molecule has 0 saturated carbocycles. The average Bonchev–Trinajstić information content (AvgIpc) is 2.96. The summed E-state index contributed by atoms with van der Waals surface area (Å²) >= 11 is 7.43. The average molecular weight is 334 g/mol.